The second-order valence-electron chi connectivity index (χ2n) is 2.34. The number of rotatable bonds is 1. The Morgan fingerprint density at radius 1 is 1.42 bits per heavy atom. The Kier molecular flexibility index (Phi) is 2.19. The number of esters is 1. The molecule has 64 valence electrons. The highest BCUT2D eigenvalue weighted by atomic mass is 16.5. The quantitative estimate of drug-likeness (QED) is 0.474. The Balaban J connectivity index is 3.09. The average molecular weight is 166 g/mol. The lowest BCUT2D eigenvalue weighted by atomic mass is 10.1. The molecule has 0 saturated carbocycles. The molecule has 1 rings (SSSR count). The van der Waals surface area contributed by atoms with Gasteiger partial charge in [0.25, 0.3) is 0 Å². The van der Waals surface area contributed by atoms with Gasteiger partial charge in [0.1, 0.15) is 0 Å². The zero-order chi connectivity index (χ0) is 9.14. The summed E-state index contributed by atoms with van der Waals surface area (Å²) >= 11 is 0. The number of ether oxygens (including phenoxy) is 1. The highest BCUT2D eigenvalue weighted by molar-refractivity contribution is 5.95. The van der Waals surface area contributed by atoms with Gasteiger partial charge >= 0.3 is 5.97 Å². The molecular formula is C8H10N2O2. The van der Waals surface area contributed by atoms with Gasteiger partial charge in [-0.1, -0.05) is 0 Å². The van der Waals surface area contributed by atoms with Crippen molar-refractivity contribution in [1.82, 2.24) is 0 Å². The summed E-state index contributed by atoms with van der Waals surface area (Å²) in [6.45, 7) is 0. The zero-order valence-corrected chi connectivity index (χ0v) is 6.70. The molecule has 0 aromatic heterocycles. The Morgan fingerprint density at radius 2 is 2.08 bits per heavy atom. The molecule has 0 aliphatic heterocycles. The monoisotopic (exact) mass is 166 g/mol. The molecule has 12 heavy (non-hydrogen) atoms. The Bertz CT molecular complexity index is 310. The molecule has 0 unspecified atom stereocenters. The molecule has 4 heteroatoms. The highest BCUT2D eigenvalue weighted by Crippen LogP contribution is 2.15. The van der Waals surface area contributed by atoms with Gasteiger partial charge in [0.05, 0.1) is 12.7 Å². The SMILES string of the molecule is COC(=O)c1ccc(N)cc1N. The van der Waals surface area contributed by atoms with Crippen molar-refractivity contribution < 1.29 is 9.53 Å². The number of nitrogens with two attached hydrogens (primary N) is 2. The third-order valence-electron chi connectivity index (χ3n) is 1.48. The molecule has 0 aliphatic carbocycles. The molecule has 0 heterocycles. The van der Waals surface area contributed by atoms with Crippen molar-refractivity contribution in [2.45, 2.75) is 0 Å². The van der Waals surface area contributed by atoms with Gasteiger partial charge in [0.15, 0.2) is 0 Å². The first-order valence-electron chi connectivity index (χ1n) is 3.38. The molecule has 1 aromatic rings. The first-order valence-corrected chi connectivity index (χ1v) is 3.38. The van der Waals surface area contributed by atoms with Crippen molar-refractivity contribution in [3.8, 4) is 0 Å². The number of methoxy groups -OCH3 is 1. The van der Waals surface area contributed by atoms with Crippen molar-refractivity contribution in [3.63, 3.8) is 0 Å². The molecule has 0 amide bonds. The third-order valence-corrected chi connectivity index (χ3v) is 1.48. The molecule has 0 radical (unpaired) electrons. The maximum Gasteiger partial charge on any atom is 0.339 e. The molecule has 4 N–H and O–H groups in total. The van der Waals surface area contributed by atoms with Crippen LogP contribution >= 0.6 is 0 Å². The van der Waals surface area contributed by atoms with Crippen LogP contribution in [0.25, 0.3) is 0 Å². The summed E-state index contributed by atoms with van der Waals surface area (Å²) in [6.07, 6.45) is 0. The molecule has 0 aliphatic rings. The number of carbonyl (C=O) groups excluding carboxylic acids is 1. The fourth-order valence-electron chi connectivity index (χ4n) is 0.877. The minimum atomic E-state index is -0.451. The number of hydrogen-bond acceptors (Lipinski definition) is 4. The molecule has 0 saturated heterocycles. The van der Waals surface area contributed by atoms with Crippen LogP contribution in [0.15, 0.2) is 18.2 Å². The number of nitrogen functional groups attached to an aromatic ring is 2. The van der Waals surface area contributed by atoms with Gasteiger partial charge in [0, 0.05) is 11.4 Å². The van der Waals surface area contributed by atoms with Gasteiger partial charge in [-0.2, -0.15) is 0 Å². The summed E-state index contributed by atoms with van der Waals surface area (Å²) in [5.74, 6) is -0.451. The summed E-state index contributed by atoms with van der Waals surface area (Å²) in [5, 5.41) is 0. The number of anilines is 2. The van der Waals surface area contributed by atoms with Crippen LogP contribution in [0.1, 0.15) is 10.4 Å². The van der Waals surface area contributed by atoms with Gasteiger partial charge in [-0.15, -0.1) is 0 Å². The second kappa shape index (κ2) is 3.13. The van der Waals surface area contributed by atoms with Crippen LogP contribution in [0.3, 0.4) is 0 Å². The molecule has 0 spiro atoms. The van der Waals surface area contributed by atoms with E-state index >= 15 is 0 Å². The van der Waals surface area contributed by atoms with E-state index in [-0.39, 0.29) is 0 Å². The average Bonchev–Trinajstić information content (AvgIpc) is 2.03. The van der Waals surface area contributed by atoms with Crippen LogP contribution in [-0.4, -0.2) is 13.1 Å². The number of hydrogen-bond donors (Lipinski definition) is 2. The summed E-state index contributed by atoms with van der Waals surface area (Å²) in [5.41, 5.74) is 12.2. The fourth-order valence-corrected chi connectivity index (χ4v) is 0.877. The van der Waals surface area contributed by atoms with E-state index in [4.69, 9.17) is 11.5 Å². The maximum atomic E-state index is 11.0. The summed E-state index contributed by atoms with van der Waals surface area (Å²) in [6, 6.07) is 4.66. The maximum absolute atomic E-state index is 11.0. The fraction of sp³-hybridized carbons (Fsp3) is 0.125. The van der Waals surface area contributed by atoms with Crippen LogP contribution in [0.5, 0.6) is 0 Å². The minimum Gasteiger partial charge on any atom is -0.465 e. The smallest absolute Gasteiger partial charge is 0.339 e. The number of benzene rings is 1. The predicted octanol–water partition coefficient (Wildman–Crippen LogP) is 0.638. The van der Waals surface area contributed by atoms with Crippen molar-refractivity contribution in [2.24, 2.45) is 0 Å². The van der Waals surface area contributed by atoms with E-state index < -0.39 is 5.97 Å². The van der Waals surface area contributed by atoms with E-state index in [1.54, 1.807) is 6.07 Å². The van der Waals surface area contributed by atoms with E-state index in [1.165, 1.54) is 19.2 Å². The highest BCUT2D eigenvalue weighted by Gasteiger charge is 2.08. The number of carbonyl (C=O) groups is 1. The standard InChI is InChI=1S/C8H10N2O2/c1-12-8(11)6-3-2-5(9)4-7(6)10/h2-4H,9-10H2,1H3. The molecule has 0 bridgehead atoms. The second-order valence-corrected chi connectivity index (χ2v) is 2.34. The van der Waals surface area contributed by atoms with Crippen LogP contribution in [0, 0.1) is 0 Å². The van der Waals surface area contributed by atoms with E-state index in [0.29, 0.717) is 16.9 Å². The molecule has 0 fully saturated rings. The van der Waals surface area contributed by atoms with E-state index in [1.807, 2.05) is 0 Å². The lowest BCUT2D eigenvalue weighted by Gasteiger charge is -2.03. The van der Waals surface area contributed by atoms with Gasteiger partial charge in [-0.3, -0.25) is 0 Å². The van der Waals surface area contributed by atoms with Crippen molar-refractivity contribution >= 4 is 17.3 Å². The van der Waals surface area contributed by atoms with E-state index in [9.17, 15) is 4.79 Å². The first-order chi connectivity index (χ1) is 5.65. The van der Waals surface area contributed by atoms with E-state index in [2.05, 4.69) is 4.74 Å². The third kappa shape index (κ3) is 1.47. The summed E-state index contributed by atoms with van der Waals surface area (Å²) in [4.78, 5) is 11.0. The van der Waals surface area contributed by atoms with Crippen molar-refractivity contribution in [2.75, 3.05) is 18.6 Å². The molecule has 1 aromatic carbocycles. The van der Waals surface area contributed by atoms with E-state index in [0.717, 1.165) is 0 Å². The lowest BCUT2D eigenvalue weighted by molar-refractivity contribution is 0.0602. The van der Waals surface area contributed by atoms with Gasteiger partial charge in [-0.25, -0.2) is 4.79 Å². The minimum absolute atomic E-state index is 0.335. The van der Waals surface area contributed by atoms with Crippen molar-refractivity contribution in [1.29, 1.82) is 0 Å². The van der Waals surface area contributed by atoms with Crippen LogP contribution in [0.4, 0.5) is 11.4 Å². The van der Waals surface area contributed by atoms with Crippen molar-refractivity contribution in [3.05, 3.63) is 23.8 Å². The zero-order valence-electron chi connectivity index (χ0n) is 6.70. The van der Waals surface area contributed by atoms with Crippen LogP contribution < -0.4 is 11.5 Å². The van der Waals surface area contributed by atoms with Crippen LogP contribution in [-0.2, 0) is 4.74 Å². The Morgan fingerprint density at radius 3 is 2.58 bits per heavy atom. The Labute approximate surface area is 70.1 Å². The summed E-state index contributed by atoms with van der Waals surface area (Å²) < 4.78 is 4.50. The normalized spacial score (nSPS) is 9.42. The molecular weight excluding hydrogens is 156 g/mol. The lowest BCUT2D eigenvalue weighted by Crippen LogP contribution is -2.05. The van der Waals surface area contributed by atoms with Gasteiger partial charge < -0.3 is 16.2 Å². The van der Waals surface area contributed by atoms with Gasteiger partial charge in [-0.05, 0) is 18.2 Å². The summed E-state index contributed by atoms with van der Waals surface area (Å²) in [7, 11) is 1.30. The molecule has 4 nitrogen and oxygen atoms in total. The topological polar surface area (TPSA) is 78.3 Å². The Hall–Kier alpha value is -1.71. The predicted molar refractivity (Wildman–Crippen MR) is 46.6 cm³/mol. The molecule has 0 atom stereocenters. The van der Waals surface area contributed by atoms with Gasteiger partial charge in [0.2, 0.25) is 0 Å². The van der Waals surface area contributed by atoms with Crippen LogP contribution in [0.2, 0.25) is 0 Å². The first kappa shape index (κ1) is 8.39. The largest absolute Gasteiger partial charge is 0.465 e.